The van der Waals surface area contributed by atoms with Crippen molar-refractivity contribution in [3.8, 4) is 0 Å². The Morgan fingerprint density at radius 1 is 0.577 bits per heavy atom. The van der Waals surface area contributed by atoms with E-state index in [-0.39, 0.29) is 25.9 Å². The van der Waals surface area contributed by atoms with E-state index in [2.05, 4.69) is 46.1 Å². The van der Waals surface area contributed by atoms with E-state index in [0.29, 0.717) is 0 Å². The predicted octanol–water partition coefficient (Wildman–Crippen LogP) is -1.65. The summed E-state index contributed by atoms with van der Waals surface area (Å²) in [6.07, 6.45) is -1.88. The molecule has 0 aliphatic heterocycles. The van der Waals surface area contributed by atoms with Gasteiger partial charge in [-0.3, -0.25) is 4.79 Å². The van der Waals surface area contributed by atoms with Gasteiger partial charge in [0.2, 0.25) is 5.91 Å². The molecule has 0 rings (SSSR count). The van der Waals surface area contributed by atoms with Gasteiger partial charge in [0.15, 0.2) is 0 Å². The maximum Gasteiger partial charge on any atom is 0.408 e. The number of nitrogens with one attached hydrogen (secondary N) is 6. The smallest absolute Gasteiger partial charge is 0.408 e. The van der Waals surface area contributed by atoms with E-state index in [9.17, 15) is 24.0 Å². The van der Waals surface area contributed by atoms with E-state index in [1.807, 2.05) is 0 Å². The SMILES string of the molecule is COC(=O)NCNC(=O)NCNC(=O)OC.COC(=O)NCNC(C)=O. The quantitative estimate of drug-likeness (QED) is 0.234. The molecule has 14 nitrogen and oxygen atoms in total. The fourth-order valence-electron chi connectivity index (χ4n) is 0.913. The lowest BCUT2D eigenvalue weighted by Gasteiger charge is -2.08. The summed E-state index contributed by atoms with van der Waals surface area (Å²) in [4.78, 5) is 52.6. The minimum absolute atomic E-state index is 0.0866. The minimum atomic E-state index is -0.659. The molecule has 0 aliphatic carbocycles. The molecular weight excluding hydrogens is 356 g/mol. The topological polar surface area (TPSA) is 185 Å². The molecule has 0 aromatic heterocycles. The van der Waals surface area contributed by atoms with E-state index in [1.54, 1.807) is 0 Å². The summed E-state index contributed by atoms with van der Waals surface area (Å²) in [5, 5.41) is 13.7. The standard InChI is InChI=1S/C7H14N4O5.C5H10N2O3/c1-15-6(13)10-3-8-5(12)9-4-11-7(14)16-2;1-4(8)6-3-7-5(9)10-2/h3-4H2,1-2H3,(H,10,13)(H,11,14)(H2,8,9,12);3H2,1-2H3,(H,6,8)(H,7,9). The molecule has 0 spiro atoms. The number of carbonyl (C=O) groups excluding carboxylic acids is 5. The van der Waals surface area contributed by atoms with Crippen LogP contribution in [-0.2, 0) is 19.0 Å². The van der Waals surface area contributed by atoms with Gasteiger partial charge in [-0.25, -0.2) is 19.2 Å². The molecule has 0 fully saturated rings. The lowest BCUT2D eigenvalue weighted by molar-refractivity contribution is -0.119. The Morgan fingerprint density at radius 2 is 0.885 bits per heavy atom. The van der Waals surface area contributed by atoms with Crippen molar-refractivity contribution in [2.24, 2.45) is 0 Å². The number of amides is 6. The van der Waals surface area contributed by atoms with Crippen LogP contribution in [0.5, 0.6) is 0 Å². The van der Waals surface area contributed by atoms with Crippen LogP contribution < -0.4 is 31.9 Å². The van der Waals surface area contributed by atoms with Crippen LogP contribution in [0.2, 0.25) is 0 Å². The Bertz CT molecular complexity index is 449. The second-order valence-electron chi connectivity index (χ2n) is 3.95. The predicted molar refractivity (Wildman–Crippen MR) is 86.7 cm³/mol. The molecule has 6 amide bonds. The van der Waals surface area contributed by atoms with Crippen LogP contribution in [-0.4, -0.2) is 71.6 Å². The third-order valence-electron chi connectivity index (χ3n) is 2.09. The van der Waals surface area contributed by atoms with Crippen molar-refractivity contribution in [3.05, 3.63) is 0 Å². The average Bonchev–Trinajstić information content (AvgIpc) is 2.61. The molecule has 0 aromatic carbocycles. The Kier molecular flexibility index (Phi) is 15.7. The number of ether oxygens (including phenoxy) is 3. The van der Waals surface area contributed by atoms with Crippen LogP contribution in [0.4, 0.5) is 19.2 Å². The summed E-state index contributed by atoms with van der Waals surface area (Å²) in [5.41, 5.74) is 0. The third kappa shape index (κ3) is 18.6. The fraction of sp³-hybridized carbons (Fsp3) is 0.583. The molecule has 150 valence electrons. The number of alkyl carbamates (subject to hydrolysis) is 3. The highest BCUT2D eigenvalue weighted by Gasteiger charge is 2.02. The average molecular weight is 380 g/mol. The van der Waals surface area contributed by atoms with Crippen molar-refractivity contribution in [2.45, 2.75) is 6.92 Å². The van der Waals surface area contributed by atoms with Crippen molar-refractivity contribution in [1.82, 2.24) is 31.9 Å². The molecule has 0 saturated heterocycles. The third-order valence-corrected chi connectivity index (χ3v) is 2.09. The van der Waals surface area contributed by atoms with Gasteiger partial charge < -0.3 is 46.1 Å². The van der Waals surface area contributed by atoms with E-state index in [1.165, 1.54) is 28.3 Å². The van der Waals surface area contributed by atoms with Crippen LogP contribution in [0.3, 0.4) is 0 Å². The Morgan fingerprint density at radius 3 is 1.15 bits per heavy atom. The monoisotopic (exact) mass is 380 g/mol. The zero-order valence-corrected chi connectivity index (χ0v) is 14.9. The van der Waals surface area contributed by atoms with Crippen molar-refractivity contribution < 1.29 is 38.2 Å². The first kappa shape index (κ1) is 24.8. The van der Waals surface area contributed by atoms with Gasteiger partial charge in [0.25, 0.3) is 0 Å². The normalized spacial score (nSPS) is 8.46. The largest absolute Gasteiger partial charge is 0.453 e. The van der Waals surface area contributed by atoms with Gasteiger partial charge in [-0.05, 0) is 0 Å². The van der Waals surface area contributed by atoms with E-state index in [0.717, 1.165) is 0 Å². The summed E-state index contributed by atoms with van der Waals surface area (Å²) in [6.45, 7) is 1.29. The highest BCUT2D eigenvalue weighted by Crippen LogP contribution is 1.70. The zero-order chi connectivity index (χ0) is 20.4. The van der Waals surface area contributed by atoms with Crippen LogP contribution in [0.25, 0.3) is 0 Å². The number of rotatable bonds is 6. The van der Waals surface area contributed by atoms with E-state index < -0.39 is 24.3 Å². The van der Waals surface area contributed by atoms with Gasteiger partial charge in [0.05, 0.1) is 41.3 Å². The van der Waals surface area contributed by atoms with Crippen molar-refractivity contribution >= 4 is 30.2 Å². The number of urea groups is 1. The first-order chi connectivity index (χ1) is 12.3. The Balaban J connectivity index is 0. The summed E-state index contributed by atoms with van der Waals surface area (Å²) >= 11 is 0. The Hall–Kier alpha value is -3.45. The van der Waals surface area contributed by atoms with Gasteiger partial charge in [0, 0.05) is 6.92 Å². The second kappa shape index (κ2) is 16.4. The maximum absolute atomic E-state index is 11.0. The van der Waals surface area contributed by atoms with Crippen molar-refractivity contribution in [2.75, 3.05) is 41.3 Å². The second-order valence-corrected chi connectivity index (χ2v) is 3.95. The lowest BCUT2D eigenvalue weighted by atomic mass is 10.7. The van der Waals surface area contributed by atoms with Crippen LogP contribution in [0, 0.1) is 0 Å². The highest BCUT2D eigenvalue weighted by molar-refractivity contribution is 5.75. The first-order valence-corrected chi connectivity index (χ1v) is 6.98. The summed E-state index contributed by atoms with van der Waals surface area (Å²) < 4.78 is 12.8. The highest BCUT2D eigenvalue weighted by atomic mass is 16.5. The summed E-state index contributed by atoms with van der Waals surface area (Å²) in [6, 6.07) is -0.562. The number of methoxy groups -OCH3 is 3. The van der Waals surface area contributed by atoms with E-state index >= 15 is 0 Å². The lowest BCUT2D eigenvalue weighted by Crippen LogP contribution is -2.46. The molecule has 0 heterocycles. The number of hydrogen-bond acceptors (Lipinski definition) is 8. The molecule has 0 saturated carbocycles. The molecule has 6 N–H and O–H groups in total. The molecule has 0 aromatic rings. The number of carbonyl (C=O) groups is 5. The minimum Gasteiger partial charge on any atom is -0.453 e. The van der Waals surface area contributed by atoms with Crippen molar-refractivity contribution in [3.63, 3.8) is 0 Å². The van der Waals surface area contributed by atoms with Gasteiger partial charge in [-0.15, -0.1) is 0 Å². The number of hydrogen-bond donors (Lipinski definition) is 6. The molecular formula is C12H24N6O8. The molecule has 14 heteroatoms. The molecule has 26 heavy (non-hydrogen) atoms. The van der Waals surface area contributed by atoms with Gasteiger partial charge in [-0.2, -0.15) is 0 Å². The molecule has 0 unspecified atom stereocenters. The summed E-state index contributed by atoms with van der Waals surface area (Å²) in [5.74, 6) is -0.198. The molecule has 0 bridgehead atoms. The van der Waals surface area contributed by atoms with E-state index in [4.69, 9.17) is 0 Å². The molecule has 0 aliphatic rings. The van der Waals surface area contributed by atoms with Gasteiger partial charge >= 0.3 is 24.3 Å². The van der Waals surface area contributed by atoms with Gasteiger partial charge in [0.1, 0.15) is 0 Å². The Labute approximate surface area is 149 Å². The van der Waals surface area contributed by atoms with Crippen LogP contribution >= 0.6 is 0 Å². The zero-order valence-electron chi connectivity index (χ0n) is 14.9. The maximum atomic E-state index is 11.0. The fourth-order valence-corrected chi connectivity index (χ4v) is 0.913. The van der Waals surface area contributed by atoms with Gasteiger partial charge in [-0.1, -0.05) is 0 Å². The van der Waals surface area contributed by atoms with Crippen molar-refractivity contribution in [1.29, 1.82) is 0 Å². The summed E-state index contributed by atoms with van der Waals surface area (Å²) in [7, 11) is 3.66. The molecule has 0 atom stereocenters. The first-order valence-electron chi connectivity index (χ1n) is 6.98. The van der Waals surface area contributed by atoms with Crippen LogP contribution in [0.1, 0.15) is 6.92 Å². The molecule has 0 radical (unpaired) electrons. The van der Waals surface area contributed by atoms with Crippen LogP contribution in [0.15, 0.2) is 0 Å².